The molecule has 0 aliphatic carbocycles. The van der Waals surface area contributed by atoms with Crippen LogP contribution in [0.5, 0.6) is 0 Å². The van der Waals surface area contributed by atoms with Crippen LogP contribution in [0.3, 0.4) is 0 Å². The van der Waals surface area contributed by atoms with Gasteiger partial charge in [0.15, 0.2) is 4.90 Å². The van der Waals surface area contributed by atoms with Gasteiger partial charge in [-0.25, -0.2) is 13.2 Å². The molecular formula is C28H27N5O8S. The van der Waals surface area contributed by atoms with Crippen molar-refractivity contribution in [2.75, 3.05) is 20.2 Å². The maximum absolute atomic E-state index is 14.0. The number of methoxy groups -OCH3 is 1. The standard InChI is InChI=1S/C28H27N5O8S/c1-41-28(36)23-17-31(42(39,40)24-13-7-6-12-22(24)33(37)38)16-19-9-3-5-11-21(27(35)32(19)23)30-26(34)25-20-10-4-2-8-18(20)14-15-29-25/h2-8,10,12-15,19,21,23H,9,11,16-17H2,1H3,(H,30,34)/b5-3-. The van der Waals surface area contributed by atoms with Crippen molar-refractivity contribution >= 4 is 44.3 Å². The number of piperazine rings is 1. The van der Waals surface area contributed by atoms with Gasteiger partial charge >= 0.3 is 5.97 Å². The molecule has 0 saturated carbocycles. The Kier molecular flexibility index (Phi) is 8.00. The SMILES string of the molecule is COC(=O)C1CN(S(=O)(=O)c2ccccc2[N+](=O)[O-])CC2C/C=C\CC(NC(=O)c3nccc4ccccc34)C(=O)N21. The fourth-order valence-corrected chi connectivity index (χ4v) is 7.00. The van der Waals surface area contributed by atoms with Gasteiger partial charge in [0.2, 0.25) is 15.9 Å². The van der Waals surface area contributed by atoms with Crippen molar-refractivity contribution in [3.05, 3.63) is 88.8 Å². The molecule has 1 fully saturated rings. The van der Waals surface area contributed by atoms with Crippen LogP contribution in [-0.4, -0.2) is 83.6 Å². The quantitative estimate of drug-likeness (QED) is 0.194. The molecule has 0 bridgehead atoms. The molecule has 1 saturated heterocycles. The number of nitrogens with one attached hydrogen (secondary N) is 1. The third-order valence-corrected chi connectivity index (χ3v) is 9.25. The molecular weight excluding hydrogens is 566 g/mol. The van der Waals surface area contributed by atoms with E-state index in [1.165, 1.54) is 23.2 Å². The first-order valence-corrected chi connectivity index (χ1v) is 14.5. The highest BCUT2D eigenvalue weighted by Crippen LogP contribution is 2.31. The van der Waals surface area contributed by atoms with Crippen molar-refractivity contribution in [3.8, 4) is 0 Å². The number of pyridine rings is 1. The average molecular weight is 594 g/mol. The smallest absolute Gasteiger partial charge is 0.329 e. The topological polar surface area (TPSA) is 169 Å². The van der Waals surface area contributed by atoms with Crippen LogP contribution in [0.2, 0.25) is 0 Å². The number of amides is 2. The summed E-state index contributed by atoms with van der Waals surface area (Å²) in [6, 6.07) is 10.6. The Balaban J connectivity index is 1.47. The van der Waals surface area contributed by atoms with Gasteiger partial charge in [-0.1, -0.05) is 48.6 Å². The van der Waals surface area contributed by atoms with Gasteiger partial charge in [-0.3, -0.25) is 24.7 Å². The second kappa shape index (κ2) is 11.7. The molecule has 2 amide bonds. The molecule has 0 radical (unpaired) electrons. The van der Waals surface area contributed by atoms with E-state index in [0.29, 0.717) is 5.39 Å². The Labute approximate surface area is 241 Å². The van der Waals surface area contributed by atoms with Crippen molar-refractivity contribution in [2.24, 2.45) is 0 Å². The van der Waals surface area contributed by atoms with Gasteiger partial charge in [0.05, 0.1) is 12.0 Å². The van der Waals surface area contributed by atoms with E-state index in [-0.39, 0.29) is 25.1 Å². The molecule has 3 heterocycles. The predicted octanol–water partition coefficient (Wildman–Crippen LogP) is 2.03. The number of fused-ring (bicyclic) bond motifs is 2. The maximum atomic E-state index is 14.0. The first-order valence-electron chi connectivity index (χ1n) is 13.1. The molecule has 14 heteroatoms. The van der Waals surface area contributed by atoms with Crippen LogP contribution < -0.4 is 5.32 Å². The lowest BCUT2D eigenvalue weighted by Crippen LogP contribution is -2.67. The fourth-order valence-electron chi connectivity index (χ4n) is 5.35. The molecule has 3 aromatic rings. The molecule has 0 spiro atoms. The van der Waals surface area contributed by atoms with Gasteiger partial charge < -0.3 is 15.0 Å². The van der Waals surface area contributed by atoms with E-state index in [1.54, 1.807) is 30.4 Å². The van der Waals surface area contributed by atoms with E-state index >= 15 is 0 Å². The zero-order chi connectivity index (χ0) is 30.0. The molecule has 2 aromatic carbocycles. The minimum Gasteiger partial charge on any atom is -0.467 e. The average Bonchev–Trinajstić information content (AvgIpc) is 3.00. The first kappa shape index (κ1) is 28.8. The number of carbonyl (C=O) groups is 3. The Morgan fingerprint density at radius 1 is 1.05 bits per heavy atom. The van der Waals surface area contributed by atoms with Crippen LogP contribution in [0, 0.1) is 10.1 Å². The monoisotopic (exact) mass is 593 g/mol. The molecule has 13 nitrogen and oxygen atoms in total. The minimum absolute atomic E-state index is 0.130. The summed E-state index contributed by atoms with van der Waals surface area (Å²) in [5.74, 6) is -2.03. The number of nitrogens with zero attached hydrogens (tertiary/aromatic N) is 4. The van der Waals surface area contributed by atoms with Crippen molar-refractivity contribution in [1.82, 2.24) is 19.5 Å². The lowest BCUT2D eigenvalue weighted by atomic mass is 9.98. The number of hydrogen-bond acceptors (Lipinski definition) is 9. The zero-order valence-electron chi connectivity index (χ0n) is 22.5. The van der Waals surface area contributed by atoms with E-state index in [0.717, 1.165) is 28.9 Å². The summed E-state index contributed by atoms with van der Waals surface area (Å²) < 4.78 is 33.2. The number of hydrogen-bond donors (Lipinski definition) is 1. The zero-order valence-corrected chi connectivity index (χ0v) is 23.3. The Morgan fingerprint density at radius 2 is 1.76 bits per heavy atom. The number of para-hydroxylation sites is 1. The number of nitro benzene ring substituents is 1. The molecule has 3 unspecified atom stereocenters. The van der Waals surface area contributed by atoms with Crippen molar-refractivity contribution in [1.29, 1.82) is 0 Å². The predicted molar refractivity (Wildman–Crippen MR) is 150 cm³/mol. The molecule has 5 rings (SSSR count). The Hall–Kier alpha value is -4.69. The third-order valence-electron chi connectivity index (χ3n) is 7.37. The number of aromatic nitrogens is 1. The lowest BCUT2D eigenvalue weighted by molar-refractivity contribution is -0.387. The molecule has 42 heavy (non-hydrogen) atoms. The van der Waals surface area contributed by atoms with E-state index in [1.807, 2.05) is 12.1 Å². The van der Waals surface area contributed by atoms with Crippen LogP contribution in [0.15, 0.2) is 77.8 Å². The van der Waals surface area contributed by atoms with Crippen molar-refractivity contribution in [2.45, 2.75) is 35.9 Å². The van der Waals surface area contributed by atoms with Crippen LogP contribution in [0.1, 0.15) is 23.3 Å². The summed E-state index contributed by atoms with van der Waals surface area (Å²) in [5, 5.41) is 15.7. The van der Waals surface area contributed by atoms with E-state index < -0.39 is 68.0 Å². The number of benzene rings is 2. The van der Waals surface area contributed by atoms with Crippen LogP contribution in [-0.2, 0) is 24.3 Å². The van der Waals surface area contributed by atoms with Gasteiger partial charge in [-0.15, -0.1) is 0 Å². The molecule has 3 atom stereocenters. The fraction of sp³-hybridized carbons (Fsp3) is 0.286. The van der Waals surface area contributed by atoms with Gasteiger partial charge in [0, 0.05) is 36.8 Å². The number of rotatable bonds is 6. The summed E-state index contributed by atoms with van der Waals surface area (Å²) in [6.07, 6.45) is 5.28. The van der Waals surface area contributed by atoms with Gasteiger partial charge in [-0.05, 0) is 30.4 Å². The molecule has 218 valence electrons. The highest BCUT2D eigenvalue weighted by Gasteiger charge is 2.48. The molecule has 2 aliphatic rings. The summed E-state index contributed by atoms with van der Waals surface area (Å²) in [6.45, 7) is -0.720. The summed E-state index contributed by atoms with van der Waals surface area (Å²) in [5.41, 5.74) is -0.471. The lowest BCUT2D eigenvalue weighted by Gasteiger charge is -2.46. The number of carbonyl (C=O) groups excluding carboxylic acids is 3. The Morgan fingerprint density at radius 3 is 2.52 bits per heavy atom. The van der Waals surface area contributed by atoms with Crippen LogP contribution >= 0.6 is 0 Å². The van der Waals surface area contributed by atoms with Gasteiger partial charge in [-0.2, -0.15) is 4.31 Å². The summed E-state index contributed by atoms with van der Waals surface area (Å²) in [7, 11) is -3.33. The summed E-state index contributed by atoms with van der Waals surface area (Å²) in [4.78, 5) is 56.0. The summed E-state index contributed by atoms with van der Waals surface area (Å²) >= 11 is 0. The van der Waals surface area contributed by atoms with Gasteiger partial charge in [0.25, 0.3) is 11.6 Å². The largest absolute Gasteiger partial charge is 0.467 e. The van der Waals surface area contributed by atoms with Crippen molar-refractivity contribution < 1.29 is 32.5 Å². The highest BCUT2D eigenvalue weighted by molar-refractivity contribution is 7.89. The Bertz CT molecular complexity index is 1700. The van der Waals surface area contributed by atoms with Gasteiger partial charge in [0.1, 0.15) is 17.8 Å². The highest BCUT2D eigenvalue weighted by atomic mass is 32.2. The number of sulfonamides is 1. The minimum atomic E-state index is -4.45. The first-order chi connectivity index (χ1) is 20.1. The van der Waals surface area contributed by atoms with E-state index in [9.17, 15) is 32.9 Å². The molecule has 1 N–H and O–H groups in total. The van der Waals surface area contributed by atoms with Crippen LogP contribution in [0.4, 0.5) is 5.69 Å². The normalized spacial score (nSPS) is 22.0. The van der Waals surface area contributed by atoms with E-state index in [2.05, 4.69) is 10.3 Å². The number of esters is 1. The van der Waals surface area contributed by atoms with Crippen LogP contribution in [0.25, 0.3) is 10.8 Å². The van der Waals surface area contributed by atoms with Crippen molar-refractivity contribution in [3.63, 3.8) is 0 Å². The van der Waals surface area contributed by atoms with E-state index in [4.69, 9.17) is 4.74 Å². The number of ether oxygens (including phenoxy) is 1. The number of nitro groups is 1. The third kappa shape index (κ3) is 5.33. The molecule has 1 aromatic heterocycles. The molecule has 2 aliphatic heterocycles. The maximum Gasteiger partial charge on any atom is 0.329 e. The second-order valence-electron chi connectivity index (χ2n) is 9.83. The second-order valence-corrected chi connectivity index (χ2v) is 11.7.